The average molecular weight is 660 g/mol. The first-order valence-corrected chi connectivity index (χ1v) is 17.1. The van der Waals surface area contributed by atoms with E-state index >= 15 is 0 Å². The first kappa shape index (κ1) is 29.9. The second-order valence-electron chi connectivity index (χ2n) is 12.5. The van der Waals surface area contributed by atoms with Crippen molar-refractivity contribution in [2.24, 2.45) is 0 Å². The van der Waals surface area contributed by atoms with E-state index in [1.807, 2.05) is 12.1 Å². The minimum atomic E-state index is -0.595. The van der Waals surface area contributed by atoms with Gasteiger partial charge in [-0.05, 0) is 67.2 Å². The third kappa shape index (κ3) is 4.94. The molecule has 1 aromatic heterocycles. The molecule has 0 fully saturated rings. The summed E-state index contributed by atoms with van der Waals surface area (Å²) in [5, 5.41) is 0.154. The van der Waals surface area contributed by atoms with E-state index in [-0.39, 0.29) is 5.28 Å². The van der Waals surface area contributed by atoms with Crippen LogP contribution in [0.3, 0.4) is 0 Å². The fraction of sp³-hybridized carbons (Fsp3) is 0.0217. The minimum absolute atomic E-state index is 0.154. The van der Waals surface area contributed by atoms with E-state index in [1.165, 1.54) is 38.9 Å². The van der Waals surface area contributed by atoms with E-state index in [1.54, 1.807) is 0 Å². The molecule has 0 spiro atoms. The van der Waals surface area contributed by atoms with Crippen LogP contribution in [0.1, 0.15) is 22.3 Å². The van der Waals surface area contributed by atoms with Crippen LogP contribution < -0.4 is 0 Å². The molecule has 50 heavy (non-hydrogen) atoms. The van der Waals surface area contributed by atoms with Gasteiger partial charge in [0, 0.05) is 11.1 Å². The van der Waals surface area contributed by atoms with Crippen LogP contribution in [-0.4, -0.2) is 15.0 Å². The molecule has 3 nitrogen and oxygen atoms in total. The van der Waals surface area contributed by atoms with Crippen molar-refractivity contribution in [1.29, 1.82) is 0 Å². The van der Waals surface area contributed by atoms with E-state index in [0.29, 0.717) is 11.6 Å². The van der Waals surface area contributed by atoms with E-state index in [0.717, 1.165) is 27.8 Å². The van der Waals surface area contributed by atoms with Crippen LogP contribution in [0, 0.1) is 0 Å². The molecule has 0 saturated heterocycles. The highest BCUT2D eigenvalue weighted by Gasteiger charge is 2.47. The molecule has 7 aromatic carbocycles. The second-order valence-corrected chi connectivity index (χ2v) is 12.9. The minimum Gasteiger partial charge on any atom is -0.208 e. The molecule has 4 heteroatoms. The summed E-state index contributed by atoms with van der Waals surface area (Å²) in [6.45, 7) is 0. The normalized spacial score (nSPS) is 12.7. The van der Waals surface area contributed by atoms with Gasteiger partial charge in [0.05, 0.1) is 5.41 Å². The van der Waals surface area contributed by atoms with Crippen molar-refractivity contribution in [2.45, 2.75) is 5.41 Å². The second kappa shape index (κ2) is 12.4. The van der Waals surface area contributed by atoms with Crippen molar-refractivity contribution in [3.05, 3.63) is 210 Å². The molecule has 0 radical (unpaired) electrons. The summed E-state index contributed by atoms with van der Waals surface area (Å²) in [5.74, 6) is 1.06. The number of halogens is 1. The molecule has 0 saturated carbocycles. The van der Waals surface area contributed by atoms with Crippen LogP contribution in [0.5, 0.6) is 0 Å². The molecule has 8 aromatic rings. The van der Waals surface area contributed by atoms with E-state index in [4.69, 9.17) is 21.6 Å². The lowest BCUT2D eigenvalue weighted by atomic mass is 9.66. The molecule has 0 aliphatic heterocycles. The van der Waals surface area contributed by atoms with Crippen LogP contribution in [0.2, 0.25) is 5.28 Å². The van der Waals surface area contributed by atoms with Gasteiger partial charge in [-0.15, -0.1) is 0 Å². The van der Waals surface area contributed by atoms with E-state index in [2.05, 4.69) is 175 Å². The van der Waals surface area contributed by atoms with Crippen molar-refractivity contribution in [3.8, 4) is 56.2 Å². The van der Waals surface area contributed by atoms with Gasteiger partial charge in [0.2, 0.25) is 5.28 Å². The first-order valence-electron chi connectivity index (χ1n) is 16.7. The predicted molar refractivity (Wildman–Crippen MR) is 204 cm³/mol. The Morgan fingerprint density at radius 2 is 0.700 bits per heavy atom. The number of benzene rings is 7. The summed E-state index contributed by atoms with van der Waals surface area (Å²) < 4.78 is 0. The Labute approximate surface area is 296 Å². The van der Waals surface area contributed by atoms with Gasteiger partial charge in [-0.2, -0.15) is 9.97 Å². The number of nitrogens with zero attached hydrogens (tertiary/aromatic N) is 3. The van der Waals surface area contributed by atoms with Crippen LogP contribution in [0.4, 0.5) is 0 Å². The van der Waals surface area contributed by atoms with Crippen molar-refractivity contribution in [3.63, 3.8) is 0 Å². The first-order chi connectivity index (χ1) is 24.7. The van der Waals surface area contributed by atoms with Gasteiger partial charge in [-0.3, -0.25) is 0 Å². The Balaban J connectivity index is 1.15. The molecule has 1 heterocycles. The maximum Gasteiger partial charge on any atom is 0.226 e. The lowest BCUT2D eigenvalue weighted by molar-refractivity contribution is 0.769. The highest BCUT2D eigenvalue weighted by Crippen LogP contribution is 2.57. The van der Waals surface area contributed by atoms with Gasteiger partial charge in [-0.25, -0.2) is 4.98 Å². The van der Waals surface area contributed by atoms with Crippen LogP contribution >= 0.6 is 11.6 Å². The molecular weight excluding hydrogens is 630 g/mol. The summed E-state index contributed by atoms with van der Waals surface area (Å²) in [5.41, 5.74) is 13.0. The van der Waals surface area contributed by atoms with Gasteiger partial charge in [0.15, 0.2) is 11.6 Å². The van der Waals surface area contributed by atoms with Gasteiger partial charge >= 0.3 is 0 Å². The zero-order chi connectivity index (χ0) is 33.5. The summed E-state index contributed by atoms with van der Waals surface area (Å²) in [6.07, 6.45) is 0. The van der Waals surface area contributed by atoms with Gasteiger partial charge in [0.25, 0.3) is 0 Å². The van der Waals surface area contributed by atoms with E-state index < -0.39 is 5.41 Å². The summed E-state index contributed by atoms with van der Waals surface area (Å²) >= 11 is 6.71. The predicted octanol–water partition coefficient (Wildman–Crippen LogP) is 11.6. The topological polar surface area (TPSA) is 38.7 Å². The maximum atomic E-state index is 6.71. The highest BCUT2D eigenvalue weighted by atomic mass is 35.5. The van der Waals surface area contributed by atoms with Crippen molar-refractivity contribution < 1.29 is 0 Å². The standard InChI is InChI=1S/C46H30ClN3/c47-45-49-43(35-29-27-34(28-30-35)33-25-23-32(24-26-33)31-13-3-1-4-14-31)48-44(50-45)39-19-9-12-22-42(39)46(36-15-5-2-6-16-36)40-20-10-7-17-37(40)38-18-8-11-21-41(38)46/h1-30H. The number of aromatic nitrogens is 3. The Morgan fingerprint density at radius 3 is 1.24 bits per heavy atom. The van der Waals surface area contributed by atoms with Crippen LogP contribution in [0.15, 0.2) is 182 Å². The van der Waals surface area contributed by atoms with Crippen LogP contribution in [-0.2, 0) is 5.41 Å². The molecule has 0 bridgehead atoms. The largest absolute Gasteiger partial charge is 0.226 e. The molecule has 236 valence electrons. The highest BCUT2D eigenvalue weighted by molar-refractivity contribution is 6.28. The van der Waals surface area contributed by atoms with Crippen molar-refractivity contribution >= 4 is 11.6 Å². The Bertz CT molecular complexity index is 2430. The fourth-order valence-electron chi connectivity index (χ4n) is 7.58. The molecular formula is C46H30ClN3. The Hall–Kier alpha value is -6.16. The SMILES string of the molecule is Clc1nc(-c2ccc(-c3ccc(-c4ccccc4)cc3)cc2)nc(-c2ccccc2C2(c3ccccc3)c3ccccc3-c3ccccc32)n1. The van der Waals surface area contributed by atoms with Crippen LogP contribution in [0.25, 0.3) is 56.2 Å². The lowest BCUT2D eigenvalue weighted by Gasteiger charge is -2.35. The maximum absolute atomic E-state index is 6.71. The van der Waals surface area contributed by atoms with Gasteiger partial charge in [-0.1, -0.05) is 182 Å². The third-order valence-corrected chi connectivity index (χ3v) is 9.98. The van der Waals surface area contributed by atoms with Crippen molar-refractivity contribution in [1.82, 2.24) is 15.0 Å². The van der Waals surface area contributed by atoms with Gasteiger partial charge in [0.1, 0.15) is 0 Å². The Kier molecular flexibility index (Phi) is 7.41. The van der Waals surface area contributed by atoms with Gasteiger partial charge < -0.3 is 0 Å². The molecule has 1 aliphatic carbocycles. The monoisotopic (exact) mass is 659 g/mol. The number of hydrogen-bond acceptors (Lipinski definition) is 3. The fourth-order valence-corrected chi connectivity index (χ4v) is 7.74. The number of hydrogen-bond donors (Lipinski definition) is 0. The van der Waals surface area contributed by atoms with E-state index in [9.17, 15) is 0 Å². The summed E-state index contributed by atoms with van der Waals surface area (Å²) in [7, 11) is 0. The zero-order valence-electron chi connectivity index (χ0n) is 27.0. The summed E-state index contributed by atoms with van der Waals surface area (Å²) in [6, 6.07) is 64.0. The molecule has 0 amide bonds. The lowest BCUT2D eigenvalue weighted by Crippen LogP contribution is -2.29. The average Bonchev–Trinajstić information content (AvgIpc) is 3.49. The molecule has 9 rings (SSSR count). The Morgan fingerprint density at radius 1 is 0.320 bits per heavy atom. The zero-order valence-corrected chi connectivity index (χ0v) is 27.8. The quantitative estimate of drug-likeness (QED) is 0.178. The molecule has 0 N–H and O–H groups in total. The molecule has 1 aliphatic rings. The summed E-state index contributed by atoms with van der Waals surface area (Å²) in [4.78, 5) is 14.4. The number of rotatable bonds is 6. The molecule has 0 atom stereocenters. The third-order valence-electron chi connectivity index (χ3n) is 9.81. The van der Waals surface area contributed by atoms with Crippen molar-refractivity contribution in [2.75, 3.05) is 0 Å². The number of fused-ring (bicyclic) bond motifs is 3. The smallest absolute Gasteiger partial charge is 0.208 e. The molecule has 0 unspecified atom stereocenters.